The molecule has 0 bridgehead atoms. The van der Waals surface area contributed by atoms with Gasteiger partial charge in [-0.2, -0.15) is 4.68 Å². The Morgan fingerprint density at radius 2 is 2.45 bits per heavy atom. The summed E-state index contributed by atoms with van der Waals surface area (Å²) in [5, 5.41) is 13.1. The van der Waals surface area contributed by atoms with Crippen molar-refractivity contribution in [2.75, 3.05) is 0 Å². The molecule has 0 amide bonds. The maximum Gasteiger partial charge on any atom is 0.369 e. The van der Waals surface area contributed by atoms with Crippen LogP contribution in [0.25, 0.3) is 5.82 Å². The van der Waals surface area contributed by atoms with Crippen molar-refractivity contribution >= 4 is 33.9 Å². The van der Waals surface area contributed by atoms with Crippen LogP contribution in [0.5, 0.6) is 5.19 Å². The summed E-state index contributed by atoms with van der Waals surface area (Å²) in [4.78, 5) is 15.7. The van der Waals surface area contributed by atoms with Crippen LogP contribution in [0.2, 0.25) is 0 Å². The van der Waals surface area contributed by atoms with E-state index in [0.717, 1.165) is 9.36 Å². The Kier molecular flexibility index (Phi) is 3.20. The second kappa shape index (κ2) is 5.32. The summed E-state index contributed by atoms with van der Waals surface area (Å²) in [6.45, 7) is 0.0904. The summed E-state index contributed by atoms with van der Waals surface area (Å²) in [5.41, 5.74) is 0.114. The Morgan fingerprint density at radius 3 is 3.10 bits per heavy atom. The molecule has 3 aromatic rings. The molecule has 0 aromatic carbocycles. The van der Waals surface area contributed by atoms with Crippen LogP contribution < -0.4 is 10.4 Å². The molecule has 0 radical (unpaired) electrons. The Labute approximate surface area is 130 Å². The van der Waals surface area contributed by atoms with E-state index in [4.69, 9.17) is 10.6 Å². The molecule has 0 aliphatic rings. The van der Waals surface area contributed by atoms with Gasteiger partial charge in [0.2, 0.25) is 9.58 Å². The van der Waals surface area contributed by atoms with Crippen molar-refractivity contribution in [1.82, 2.24) is 29.9 Å². The zero-order valence-corrected chi connectivity index (χ0v) is 13.0. The third-order valence-electron chi connectivity index (χ3n) is 2.35. The predicted molar refractivity (Wildman–Crippen MR) is 75.8 cm³/mol. The van der Waals surface area contributed by atoms with E-state index >= 15 is 0 Å². The van der Waals surface area contributed by atoms with Crippen molar-refractivity contribution in [3.05, 3.63) is 31.4 Å². The van der Waals surface area contributed by atoms with Gasteiger partial charge < -0.3 is 9.26 Å². The number of hydrogen-bond acceptors (Lipinski definition) is 8. The van der Waals surface area contributed by atoms with Crippen molar-refractivity contribution in [3.63, 3.8) is 0 Å². The van der Waals surface area contributed by atoms with Gasteiger partial charge in [-0.3, -0.25) is 0 Å². The van der Waals surface area contributed by atoms with Crippen LogP contribution >= 0.6 is 33.9 Å². The molecule has 0 saturated carbocycles. The van der Waals surface area contributed by atoms with Crippen molar-refractivity contribution in [2.45, 2.75) is 6.61 Å². The highest BCUT2D eigenvalue weighted by atomic mass is 127. The normalized spacial score (nSPS) is 11.6. The van der Waals surface area contributed by atoms with E-state index in [0.29, 0.717) is 14.5 Å². The summed E-state index contributed by atoms with van der Waals surface area (Å²) in [5.74, 6) is 0.222. The van der Waals surface area contributed by atoms with E-state index < -0.39 is 5.69 Å². The smallest absolute Gasteiger partial charge is 0.369 e. The summed E-state index contributed by atoms with van der Waals surface area (Å²) >= 11 is 3.15. The molecule has 20 heavy (non-hydrogen) atoms. The minimum absolute atomic E-state index is 0.0904. The van der Waals surface area contributed by atoms with Crippen LogP contribution in [0.1, 0.15) is 6.93 Å². The maximum absolute atomic E-state index is 11.8. The summed E-state index contributed by atoms with van der Waals surface area (Å²) in [6, 6.07) is 0. The third-order valence-corrected chi connectivity index (χ3v) is 3.83. The highest BCUT2D eigenvalue weighted by Crippen LogP contribution is 2.22. The molecule has 3 heterocycles. The maximum atomic E-state index is 11.8. The van der Waals surface area contributed by atoms with Crippen molar-refractivity contribution < 1.29 is 10.6 Å². The second-order valence-corrected chi connectivity index (χ2v) is 5.39. The van der Waals surface area contributed by atoms with E-state index in [-0.39, 0.29) is 18.6 Å². The Balaban J connectivity index is 1.90. The lowest BCUT2D eigenvalue weighted by molar-refractivity contribution is 0.300. The van der Waals surface area contributed by atoms with Gasteiger partial charge in [0.25, 0.3) is 5.19 Å². The summed E-state index contributed by atoms with van der Waals surface area (Å²) in [7, 11) is 1.48. The molecule has 0 fully saturated rings. The van der Waals surface area contributed by atoms with Gasteiger partial charge in [-0.25, -0.2) is 9.78 Å². The molecule has 3 rings (SSSR count). The fourth-order valence-corrected chi connectivity index (χ4v) is 2.33. The minimum Gasteiger partial charge on any atom is -0.465 e. The minimum atomic E-state index is -0.441. The Morgan fingerprint density at radius 1 is 1.60 bits per heavy atom. The number of aromatic nitrogens is 6. The van der Waals surface area contributed by atoms with Gasteiger partial charge in [0.15, 0.2) is 0 Å². The zero-order chi connectivity index (χ0) is 15.0. The molecule has 0 aliphatic heterocycles. The van der Waals surface area contributed by atoms with Crippen LogP contribution in [0, 0.1) is 3.77 Å². The summed E-state index contributed by atoms with van der Waals surface area (Å²) in [6.07, 6.45) is 0.139. The van der Waals surface area contributed by atoms with Gasteiger partial charge in [-0.15, -0.1) is 4.68 Å². The van der Waals surface area contributed by atoms with E-state index in [1.165, 1.54) is 18.4 Å². The average molecular weight is 408 g/mol. The lowest BCUT2D eigenvalue weighted by Gasteiger charge is -2.01. The van der Waals surface area contributed by atoms with Crippen LogP contribution in [0.15, 0.2) is 20.9 Å². The monoisotopic (exact) mass is 408 g/mol. The molecule has 11 heteroatoms. The van der Waals surface area contributed by atoms with E-state index in [2.05, 4.69) is 20.6 Å². The van der Waals surface area contributed by atoms with E-state index in [1.807, 2.05) is 22.6 Å². The number of aryl methyl sites for hydroxylation is 1. The fraction of sp³-hybridized carbons (Fsp3) is 0.222. The van der Waals surface area contributed by atoms with E-state index in [9.17, 15) is 4.79 Å². The molecule has 0 aliphatic carbocycles. The number of ether oxygens (including phenoxy) is 1. The molecule has 0 N–H and O–H groups in total. The first-order valence-electron chi connectivity index (χ1n) is 5.74. The standard InChI is InChI=1S/C9H7IN6O3S/c1-15-9(17)16(14-13-15)7-5(6(10)19-12-7)4-18-8-11-2-3-20-8/h2-3H,4H2,1H3/i2T. The van der Waals surface area contributed by atoms with Gasteiger partial charge in [0.05, 0.1) is 6.93 Å². The number of thiazole rings is 1. The Hall–Kier alpha value is -1.76. The molecule has 0 unspecified atom stereocenters. The van der Waals surface area contributed by atoms with Crippen molar-refractivity contribution in [2.24, 2.45) is 7.05 Å². The van der Waals surface area contributed by atoms with Gasteiger partial charge >= 0.3 is 5.69 Å². The molecular formula is C9H7IN6O3S. The van der Waals surface area contributed by atoms with Gasteiger partial charge in [-0.1, -0.05) is 16.5 Å². The molecule has 0 atom stereocenters. The lowest BCUT2D eigenvalue weighted by Crippen LogP contribution is -2.23. The fourth-order valence-electron chi connectivity index (χ4n) is 1.40. The second-order valence-electron chi connectivity index (χ2n) is 3.59. The number of halogens is 1. The average Bonchev–Trinajstić information content (AvgIpc) is 3.11. The highest BCUT2D eigenvalue weighted by molar-refractivity contribution is 14.1. The molecule has 0 saturated heterocycles. The number of nitrogens with zero attached hydrogens (tertiary/aromatic N) is 6. The summed E-state index contributed by atoms with van der Waals surface area (Å²) < 4.78 is 20.5. The number of hydrogen-bond donors (Lipinski definition) is 0. The van der Waals surface area contributed by atoms with Crippen molar-refractivity contribution in [3.8, 4) is 11.0 Å². The van der Waals surface area contributed by atoms with Gasteiger partial charge in [0, 0.05) is 41.2 Å². The van der Waals surface area contributed by atoms with Crippen LogP contribution in [-0.4, -0.2) is 29.9 Å². The number of rotatable bonds is 4. The first kappa shape index (κ1) is 12.0. The van der Waals surface area contributed by atoms with Gasteiger partial charge in [0.1, 0.15) is 6.61 Å². The van der Waals surface area contributed by atoms with Crippen LogP contribution in [-0.2, 0) is 13.7 Å². The molecule has 0 spiro atoms. The lowest BCUT2D eigenvalue weighted by atomic mass is 10.3. The molecule has 3 aromatic heterocycles. The highest BCUT2D eigenvalue weighted by Gasteiger charge is 2.20. The largest absolute Gasteiger partial charge is 0.465 e. The van der Waals surface area contributed by atoms with Crippen molar-refractivity contribution in [1.29, 1.82) is 0 Å². The molecule has 9 nitrogen and oxygen atoms in total. The molecule has 104 valence electrons. The Bertz CT molecular complexity index is 839. The first-order chi connectivity index (χ1) is 10.1. The number of tetrazole rings is 1. The topological polar surface area (TPSA) is 101 Å². The zero-order valence-electron chi connectivity index (χ0n) is 11.0. The first-order valence-corrected chi connectivity index (χ1v) is 7.20. The van der Waals surface area contributed by atoms with Crippen LogP contribution in [0.4, 0.5) is 0 Å². The molecular weight excluding hydrogens is 399 g/mol. The quantitative estimate of drug-likeness (QED) is 0.583. The SMILES string of the molecule is [3H]c1csc(OCc2c(-n3nnn(C)c3=O)noc2I)n1. The predicted octanol–water partition coefficient (Wildman–Crippen LogP) is 0.594. The van der Waals surface area contributed by atoms with Crippen LogP contribution in [0.3, 0.4) is 0 Å². The van der Waals surface area contributed by atoms with E-state index in [1.54, 1.807) is 5.38 Å². The van der Waals surface area contributed by atoms with Gasteiger partial charge in [-0.05, 0) is 10.4 Å². The third kappa shape index (κ3) is 2.33.